The van der Waals surface area contributed by atoms with Gasteiger partial charge in [0, 0.05) is 22.5 Å². The molecule has 5 heteroatoms. The zero-order valence-corrected chi connectivity index (χ0v) is 14.5. The van der Waals surface area contributed by atoms with Gasteiger partial charge in [-0.15, -0.1) is 10.2 Å². The van der Waals surface area contributed by atoms with E-state index in [0.717, 1.165) is 39.4 Å². The maximum atomic E-state index is 4.30. The molecule has 1 aromatic heterocycles. The second-order valence-electron chi connectivity index (χ2n) is 5.18. The van der Waals surface area contributed by atoms with Crippen LogP contribution < -0.4 is 5.32 Å². The number of hydrogen-bond donors (Lipinski definition) is 1. The molecule has 2 rings (SSSR count). The molecule has 1 heterocycles. The van der Waals surface area contributed by atoms with E-state index in [1.165, 1.54) is 5.56 Å². The molecule has 3 nitrogen and oxygen atoms in total. The number of nitrogens with zero attached hydrogens (tertiary/aromatic N) is 2. The summed E-state index contributed by atoms with van der Waals surface area (Å²) >= 11 is 5.25. The van der Waals surface area contributed by atoms with Gasteiger partial charge in [0.1, 0.15) is 10.0 Å². The lowest BCUT2D eigenvalue weighted by Crippen LogP contribution is -2.23. The molecule has 0 radical (unpaired) electrons. The molecule has 0 atom stereocenters. The van der Waals surface area contributed by atoms with Crippen LogP contribution in [0.3, 0.4) is 0 Å². The summed E-state index contributed by atoms with van der Waals surface area (Å²) in [5.74, 6) is 0. The van der Waals surface area contributed by atoms with Crippen LogP contribution in [0.25, 0.3) is 10.6 Å². The summed E-state index contributed by atoms with van der Waals surface area (Å²) in [6, 6.07) is 6.86. The smallest absolute Gasteiger partial charge is 0.147 e. The molecule has 0 spiro atoms. The fourth-order valence-electron chi connectivity index (χ4n) is 1.83. The summed E-state index contributed by atoms with van der Waals surface area (Å²) in [6.07, 6.45) is 2.09. The summed E-state index contributed by atoms with van der Waals surface area (Å²) in [5.41, 5.74) is 2.37. The Balaban J connectivity index is 1.96. The molecule has 0 aliphatic heterocycles. The van der Waals surface area contributed by atoms with Gasteiger partial charge < -0.3 is 5.32 Å². The lowest BCUT2D eigenvalue weighted by Gasteiger charge is -2.05. The standard InChI is InChI=1S/C15H20BrN3S/c1-10(2)17-8-4-5-14-18-19-15(20-14)12-7-6-11(3)13(16)9-12/h6-7,9-10,17H,4-5,8H2,1-3H3. The number of aryl methyl sites for hydroxylation is 2. The first kappa shape index (κ1) is 15.6. The molecule has 0 aliphatic rings. The molecule has 2 aromatic rings. The monoisotopic (exact) mass is 353 g/mol. The minimum absolute atomic E-state index is 0.546. The van der Waals surface area contributed by atoms with E-state index in [-0.39, 0.29) is 0 Å². The van der Waals surface area contributed by atoms with Crippen LogP contribution in [0, 0.1) is 6.92 Å². The van der Waals surface area contributed by atoms with Crippen molar-refractivity contribution >= 4 is 27.3 Å². The van der Waals surface area contributed by atoms with Crippen LogP contribution in [0.15, 0.2) is 22.7 Å². The fraction of sp³-hybridized carbons (Fsp3) is 0.467. The Hall–Kier alpha value is -0.780. The number of hydrogen-bond acceptors (Lipinski definition) is 4. The minimum atomic E-state index is 0.546. The molecule has 108 valence electrons. The third-order valence-electron chi connectivity index (χ3n) is 3.01. The van der Waals surface area contributed by atoms with E-state index in [9.17, 15) is 0 Å². The highest BCUT2D eigenvalue weighted by Gasteiger charge is 2.08. The highest BCUT2D eigenvalue weighted by molar-refractivity contribution is 9.10. The van der Waals surface area contributed by atoms with Gasteiger partial charge in [0.15, 0.2) is 0 Å². The number of benzene rings is 1. The molecular formula is C15H20BrN3S. The molecule has 0 aliphatic carbocycles. The van der Waals surface area contributed by atoms with Crippen molar-refractivity contribution in [2.45, 2.75) is 39.7 Å². The summed E-state index contributed by atoms with van der Waals surface area (Å²) in [6.45, 7) is 7.44. The van der Waals surface area contributed by atoms with Gasteiger partial charge in [-0.1, -0.05) is 53.2 Å². The van der Waals surface area contributed by atoms with Gasteiger partial charge >= 0.3 is 0 Å². The highest BCUT2D eigenvalue weighted by atomic mass is 79.9. The predicted octanol–water partition coefficient (Wildman–Crippen LogP) is 4.21. The Morgan fingerprint density at radius 3 is 2.80 bits per heavy atom. The van der Waals surface area contributed by atoms with Crippen molar-refractivity contribution in [3.05, 3.63) is 33.2 Å². The SMILES string of the molecule is Cc1ccc(-c2nnc(CCCNC(C)C)s2)cc1Br. The van der Waals surface area contributed by atoms with E-state index in [1.807, 2.05) is 0 Å². The van der Waals surface area contributed by atoms with Crippen LogP contribution in [-0.2, 0) is 6.42 Å². The van der Waals surface area contributed by atoms with Crippen LogP contribution in [0.1, 0.15) is 30.8 Å². The van der Waals surface area contributed by atoms with Crippen molar-refractivity contribution in [3.8, 4) is 10.6 Å². The molecular weight excluding hydrogens is 334 g/mol. The van der Waals surface area contributed by atoms with E-state index in [1.54, 1.807) is 11.3 Å². The fourth-order valence-corrected chi connectivity index (χ4v) is 3.08. The van der Waals surface area contributed by atoms with Gasteiger partial charge in [0.25, 0.3) is 0 Å². The van der Waals surface area contributed by atoms with Gasteiger partial charge in [-0.25, -0.2) is 0 Å². The van der Waals surface area contributed by atoms with Crippen LogP contribution in [-0.4, -0.2) is 22.8 Å². The predicted molar refractivity (Wildman–Crippen MR) is 89.2 cm³/mol. The van der Waals surface area contributed by atoms with Crippen molar-refractivity contribution < 1.29 is 0 Å². The third-order valence-corrected chi connectivity index (χ3v) is 4.89. The first-order valence-corrected chi connectivity index (χ1v) is 8.49. The molecule has 0 amide bonds. The molecule has 1 aromatic carbocycles. The lowest BCUT2D eigenvalue weighted by molar-refractivity contribution is 0.569. The Kier molecular flexibility index (Phi) is 5.69. The first-order valence-electron chi connectivity index (χ1n) is 6.88. The molecule has 1 N–H and O–H groups in total. The van der Waals surface area contributed by atoms with Crippen LogP contribution in [0.5, 0.6) is 0 Å². The van der Waals surface area contributed by atoms with Crippen molar-refractivity contribution in [2.75, 3.05) is 6.54 Å². The Morgan fingerprint density at radius 1 is 1.30 bits per heavy atom. The zero-order valence-electron chi connectivity index (χ0n) is 12.1. The molecule has 0 saturated heterocycles. The number of halogens is 1. The van der Waals surface area contributed by atoms with Crippen molar-refractivity contribution in [1.29, 1.82) is 0 Å². The maximum Gasteiger partial charge on any atom is 0.147 e. The van der Waals surface area contributed by atoms with Gasteiger partial charge in [-0.3, -0.25) is 0 Å². The van der Waals surface area contributed by atoms with Gasteiger partial charge in [-0.2, -0.15) is 0 Å². The molecule has 0 saturated carbocycles. The molecule has 0 bridgehead atoms. The average molecular weight is 354 g/mol. The topological polar surface area (TPSA) is 37.8 Å². The zero-order chi connectivity index (χ0) is 14.5. The summed E-state index contributed by atoms with van der Waals surface area (Å²) in [5, 5.41) is 14.1. The molecule has 0 fully saturated rings. The first-order chi connectivity index (χ1) is 9.56. The van der Waals surface area contributed by atoms with E-state index >= 15 is 0 Å². The Labute approximate surface area is 133 Å². The van der Waals surface area contributed by atoms with Gasteiger partial charge in [0.05, 0.1) is 0 Å². The second-order valence-corrected chi connectivity index (χ2v) is 7.09. The van der Waals surface area contributed by atoms with E-state index in [2.05, 4.69) is 70.4 Å². The normalized spacial score (nSPS) is 11.2. The second kappa shape index (κ2) is 7.29. The van der Waals surface area contributed by atoms with Crippen LogP contribution in [0.4, 0.5) is 0 Å². The van der Waals surface area contributed by atoms with Crippen molar-refractivity contribution in [3.63, 3.8) is 0 Å². The minimum Gasteiger partial charge on any atom is -0.315 e. The number of rotatable bonds is 6. The van der Waals surface area contributed by atoms with Crippen LogP contribution >= 0.6 is 27.3 Å². The van der Waals surface area contributed by atoms with Crippen LogP contribution in [0.2, 0.25) is 0 Å². The van der Waals surface area contributed by atoms with Gasteiger partial charge in [-0.05, 0) is 31.5 Å². The Morgan fingerprint density at radius 2 is 2.10 bits per heavy atom. The van der Waals surface area contributed by atoms with Crippen molar-refractivity contribution in [1.82, 2.24) is 15.5 Å². The van der Waals surface area contributed by atoms with Crippen molar-refractivity contribution in [2.24, 2.45) is 0 Å². The lowest BCUT2D eigenvalue weighted by atomic mass is 10.2. The van der Waals surface area contributed by atoms with E-state index in [4.69, 9.17) is 0 Å². The van der Waals surface area contributed by atoms with E-state index < -0.39 is 0 Å². The Bertz CT molecular complexity index is 566. The molecule has 20 heavy (non-hydrogen) atoms. The van der Waals surface area contributed by atoms with E-state index in [0.29, 0.717) is 6.04 Å². The van der Waals surface area contributed by atoms with Gasteiger partial charge in [0.2, 0.25) is 0 Å². The summed E-state index contributed by atoms with van der Waals surface area (Å²) in [7, 11) is 0. The average Bonchev–Trinajstić information content (AvgIpc) is 2.86. The molecule has 0 unspecified atom stereocenters. The summed E-state index contributed by atoms with van der Waals surface area (Å²) in [4.78, 5) is 0. The third kappa shape index (κ3) is 4.36. The largest absolute Gasteiger partial charge is 0.315 e. The highest BCUT2D eigenvalue weighted by Crippen LogP contribution is 2.28. The number of aromatic nitrogens is 2. The number of nitrogens with one attached hydrogen (secondary N) is 1. The summed E-state index contributed by atoms with van der Waals surface area (Å²) < 4.78 is 1.12. The quantitative estimate of drug-likeness (QED) is 0.790. The maximum absolute atomic E-state index is 4.30.